The molecule has 1 aliphatic heterocycles. The summed E-state index contributed by atoms with van der Waals surface area (Å²) in [6.07, 6.45) is 3.93. The molecule has 4 nitrogen and oxygen atoms in total. The van der Waals surface area contributed by atoms with Crippen LogP contribution in [0.15, 0.2) is 0 Å². The molecule has 2 N–H and O–H groups in total. The van der Waals surface area contributed by atoms with E-state index >= 15 is 0 Å². The van der Waals surface area contributed by atoms with Crippen LogP contribution < -0.4 is 5.73 Å². The van der Waals surface area contributed by atoms with Gasteiger partial charge in [-0.15, -0.1) is 0 Å². The smallest absolute Gasteiger partial charge is 0.239 e. The topological polar surface area (TPSA) is 55.6 Å². The van der Waals surface area contributed by atoms with Crippen molar-refractivity contribution >= 4 is 17.7 Å². The lowest BCUT2D eigenvalue weighted by molar-refractivity contribution is -0.137. The number of methoxy groups -OCH3 is 1. The van der Waals surface area contributed by atoms with Crippen molar-refractivity contribution < 1.29 is 9.53 Å². The highest BCUT2D eigenvalue weighted by molar-refractivity contribution is 7.98. The molecule has 0 aliphatic carbocycles. The summed E-state index contributed by atoms with van der Waals surface area (Å²) in [5, 5.41) is 0. The number of nitrogens with two attached hydrogens (primary N) is 1. The molecule has 1 fully saturated rings. The van der Waals surface area contributed by atoms with Crippen LogP contribution in [-0.4, -0.2) is 55.2 Å². The molecule has 1 saturated heterocycles. The van der Waals surface area contributed by atoms with E-state index in [0.717, 1.165) is 25.1 Å². The molecule has 2 unspecified atom stereocenters. The molecule has 1 heterocycles. The Bertz CT molecular complexity index is 251. The van der Waals surface area contributed by atoms with E-state index in [1.807, 2.05) is 11.2 Å². The number of likely N-dealkylation sites (tertiary alicyclic amines) is 1. The van der Waals surface area contributed by atoms with E-state index < -0.39 is 0 Å². The van der Waals surface area contributed by atoms with E-state index in [2.05, 4.69) is 6.92 Å². The van der Waals surface area contributed by atoms with Crippen LogP contribution in [0.4, 0.5) is 0 Å². The minimum Gasteiger partial charge on any atom is -0.379 e. The zero-order chi connectivity index (χ0) is 12.8. The van der Waals surface area contributed by atoms with Gasteiger partial charge in [0, 0.05) is 20.2 Å². The van der Waals surface area contributed by atoms with Crippen LogP contribution in [0, 0.1) is 5.92 Å². The van der Waals surface area contributed by atoms with E-state index in [-0.39, 0.29) is 18.1 Å². The fraction of sp³-hybridized carbons (Fsp3) is 0.917. The van der Waals surface area contributed by atoms with Crippen molar-refractivity contribution in [3.63, 3.8) is 0 Å². The van der Waals surface area contributed by atoms with Gasteiger partial charge < -0.3 is 15.4 Å². The Morgan fingerprint density at radius 3 is 2.94 bits per heavy atom. The van der Waals surface area contributed by atoms with Crippen molar-refractivity contribution in [3.8, 4) is 0 Å². The lowest BCUT2D eigenvalue weighted by Crippen LogP contribution is -2.52. The first-order valence-corrected chi connectivity index (χ1v) is 7.55. The van der Waals surface area contributed by atoms with Gasteiger partial charge in [0.25, 0.3) is 0 Å². The van der Waals surface area contributed by atoms with Gasteiger partial charge in [-0.05, 0) is 30.8 Å². The fourth-order valence-electron chi connectivity index (χ4n) is 2.14. The highest BCUT2D eigenvalue weighted by atomic mass is 32.2. The lowest BCUT2D eigenvalue weighted by Gasteiger charge is -2.37. The fourth-order valence-corrected chi connectivity index (χ4v) is 2.63. The van der Waals surface area contributed by atoms with Gasteiger partial charge in [-0.2, -0.15) is 11.8 Å². The van der Waals surface area contributed by atoms with Crippen molar-refractivity contribution in [3.05, 3.63) is 0 Å². The Morgan fingerprint density at radius 2 is 2.35 bits per heavy atom. The highest BCUT2D eigenvalue weighted by Crippen LogP contribution is 2.20. The van der Waals surface area contributed by atoms with Crippen molar-refractivity contribution in [2.45, 2.75) is 31.9 Å². The third kappa shape index (κ3) is 4.16. The molecule has 5 heteroatoms. The number of piperidine rings is 1. The standard InChI is InChI=1S/C12H24N2O2S/c1-9-4-6-14(8-11(9)16-2)12(15)10(13)5-7-17-3/h9-11H,4-8,13H2,1-3H3/t9?,10-,11?/m0/s1. The van der Waals surface area contributed by atoms with Crippen LogP contribution >= 0.6 is 11.8 Å². The van der Waals surface area contributed by atoms with Crippen molar-refractivity contribution in [2.24, 2.45) is 11.7 Å². The first-order chi connectivity index (χ1) is 8.10. The molecular formula is C12H24N2O2S. The SMILES string of the molecule is COC1CN(C(=O)[C@@H](N)CCSC)CCC1C. The van der Waals surface area contributed by atoms with Crippen LogP contribution in [0.25, 0.3) is 0 Å². The van der Waals surface area contributed by atoms with E-state index in [4.69, 9.17) is 10.5 Å². The largest absolute Gasteiger partial charge is 0.379 e. The maximum absolute atomic E-state index is 12.1. The molecule has 17 heavy (non-hydrogen) atoms. The van der Waals surface area contributed by atoms with Gasteiger partial charge in [-0.3, -0.25) is 4.79 Å². The molecule has 0 aromatic heterocycles. The molecule has 100 valence electrons. The molecule has 0 aromatic rings. The summed E-state index contributed by atoms with van der Waals surface area (Å²) in [6, 6.07) is -0.353. The molecule has 3 atom stereocenters. The molecule has 0 aromatic carbocycles. The number of carbonyl (C=O) groups is 1. The molecule has 0 bridgehead atoms. The van der Waals surface area contributed by atoms with Crippen molar-refractivity contribution in [1.29, 1.82) is 0 Å². The van der Waals surface area contributed by atoms with Crippen LogP contribution in [0.3, 0.4) is 0 Å². The summed E-state index contributed by atoms with van der Waals surface area (Å²) in [6.45, 7) is 3.67. The summed E-state index contributed by atoms with van der Waals surface area (Å²) in [5.41, 5.74) is 5.91. The zero-order valence-corrected chi connectivity index (χ0v) is 11.8. The summed E-state index contributed by atoms with van der Waals surface area (Å²) >= 11 is 1.72. The van der Waals surface area contributed by atoms with Gasteiger partial charge in [0.05, 0.1) is 12.1 Å². The number of rotatable bonds is 5. The minimum atomic E-state index is -0.353. The molecule has 0 spiro atoms. The Morgan fingerprint density at radius 1 is 1.65 bits per heavy atom. The highest BCUT2D eigenvalue weighted by Gasteiger charge is 2.30. The van der Waals surface area contributed by atoms with Gasteiger partial charge in [0.15, 0.2) is 0 Å². The number of hydrogen-bond donors (Lipinski definition) is 1. The van der Waals surface area contributed by atoms with Gasteiger partial charge in [-0.1, -0.05) is 6.92 Å². The van der Waals surface area contributed by atoms with E-state index in [1.165, 1.54) is 0 Å². The van der Waals surface area contributed by atoms with Crippen molar-refractivity contribution in [2.75, 3.05) is 32.2 Å². The Balaban J connectivity index is 2.46. The molecule has 0 saturated carbocycles. The number of nitrogens with zero attached hydrogens (tertiary/aromatic N) is 1. The summed E-state index contributed by atoms with van der Waals surface area (Å²) in [7, 11) is 1.71. The average Bonchev–Trinajstić information content (AvgIpc) is 2.35. The van der Waals surface area contributed by atoms with Gasteiger partial charge in [0.1, 0.15) is 0 Å². The third-order valence-corrected chi connectivity index (χ3v) is 4.10. The third-order valence-electron chi connectivity index (χ3n) is 3.45. The molecule has 1 amide bonds. The maximum atomic E-state index is 12.1. The van der Waals surface area contributed by atoms with Crippen LogP contribution in [0.2, 0.25) is 0 Å². The van der Waals surface area contributed by atoms with Crippen molar-refractivity contribution in [1.82, 2.24) is 4.90 Å². The predicted molar refractivity (Wildman–Crippen MR) is 72.1 cm³/mol. The number of hydrogen-bond acceptors (Lipinski definition) is 4. The zero-order valence-electron chi connectivity index (χ0n) is 11.0. The average molecular weight is 260 g/mol. The van der Waals surface area contributed by atoms with E-state index in [9.17, 15) is 4.79 Å². The predicted octanol–water partition coefficient (Wildman–Crippen LogP) is 0.950. The second kappa shape index (κ2) is 7.24. The van der Waals surface area contributed by atoms with E-state index in [1.54, 1.807) is 18.9 Å². The minimum absolute atomic E-state index is 0.0769. The molecule has 1 aliphatic rings. The van der Waals surface area contributed by atoms with Gasteiger partial charge in [0.2, 0.25) is 5.91 Å². The Hall–Kier alpha value is -0.260. The monoisotopic (exact) mass is 260 g/mol. The summed E-state index contributed by atoms with van der Waals surface area (Å²) in [5.74, 6) is 1.53. The number of amides is 1. The Labute approximate surface area is 108 Å². The maximum Gasteiger partial charge on any atom is 0.239 e. The van der Waals surface area contributed by atoms with Gasteiger partial charge >= 0.3 is 0 Å². The molecular weight excluding hydrogens is 236 g/mol. The quantitative estimate of drug-likeness (QED) is 0.799. The first kappa shape index (κ1) is 14.8. The number of ether oxygens (including phenoxy) is 1. The second-order valence-corrected chi connectivity index (χ2v) is 5.70. The number of carbonyl (C=O) groups excluding carboxylic acids is 1. The van der Waals surface area contributed by atoms with Crippen LogP contribution in [-0.2, 0) is 9.53 Å². The first-order valence-electron chi connectivity index (χ1n) is 6.16. The summed E-state index contributed by atoms with van der Waals surface area (Å²) < 4.78 is 5.41. The van der Waals surface area contributed by atoms with Crippen LogP contribution in [0.1, 0.15) is 19.8 Å². The van der Waals surface area contributed by atoms with Crippen LogP contribution in [0.5, 0.6) is 0 Å². The molecule has 1 rings (SSSR count). The Kier molecular flexibility index (Phi) is 6.30. The normalized spacial score (nSPS) is 26.9. The summed E-state index contributed by atoms with van der Waals surface area (Å²) in [4.78, 5) is 14.0. The molecule has 0 radical (unpaired) electrons. The van der Waals surface area contributed by atoms with Gasteiger partial charge in [-0.25, -0.2) is 0 Å². The second-order valence-electron chi connectivity index (χ2n) is 4.71. The number of thioether (sulfide) groups is 1. The lowest BCUT2D eigenvalue weighted by atomic mass is 9.95. The van der Waals surface area contributed by atoms with E-state index in [0.29, 0.717) is 12.5 Å².